The highest BCUT2D eigenvalue weighted by Gasteiger charge is 2.56. The maximum absolute atomic E-state index is 13.1. The maximum atomic E-state index is 13.1. The van der Waals surface area contributed by atoms with Crippen molar-refractivity contribution >= 4 is 29.5 Å². The van der Waals surface area contributed by atoms with Crippen LogP contribution in [-0.4, -0.2) is 63.5 Å². The van der Waals surface area contributed by atoms with Gasteiger partial charge in [0.2, 0.25) is 11.8 Å². The summed E-state index contributed by atoms with van der Waals surface area (Å²) in [5.41, 5.74) is -0.748. The Morgan fingerprint density at radius 1 is 1.04 bits per heavy atom. The molecule has 2 amide bonds. The highest BCUT2D eigenvalue weighted by atomic mass is 32.2. The summed E-state index contributed by atoms with van der Waals surface area (Å²) in [7, 11) is 0. The van der Waals surface area contributed by atoms with E-state index in [0.717, 1.165) is 38.5 Å². The summed E-state index contributed by atoms with van der Waals surface area (Å²) in [5, 5.41) is 9.72. The maximum Gasteiger partial charge on any atom is 0.311 e. The van der Waals surface area contributed by atoms with Gasteiger partial charge >= 0.3 is 5.97 Å². The van der Waals surface area contributed by atoms with Gasteiger partial charge in [0.05, 0.1) is 11.3 Å². The van der Waals surface area contributed by atoms with E-state index in [9.17, 15) is 19.5 Å². The molecule has 138 valence electrons. The zero-order valence-electron chi connectivity index (χ0n) is 14.5. The standard InChI is InChI=1S/C18H26N2O4S/c21-15(12-4-1-2-5-12)20-11-25-9-14(20)16(22)19-8-13-6-3-7-18(13,10-19)17(23)24/h12-14H,1-11H2,(H,23,24)/t13-,14?,18+/m0/s1. The second-order valence-electron chi connectivity index (χ2n) is 8.07. The number of carboxylic acids is 1. The Balaban J connectivity index is 1.47. The fraction of sp³-hybridized carbons (Fsp3) is 0.833. The minimum absolute atomic E-state index is 0.0358. The lowest BCUT2D eigenvalue weighted by Crippen LogP contribution is -2.50. The van der Waals surface area contributed by atoms with E-state index in [1.165, 1.54) is 0 Å². The minimum Gasteiger partial charge on any atom is -0.481 e. The van der Waals surface area contributed by atoms with E-state index in [0.29, 0.717) is 31.1 Å². The van der Waals surface area contributed by atoms with E-state index in [2.05, 4.69) is 0 Å². The Kier molecular flexibility index (Phi) is 4.46. The Morgan fingerprint density at radius 2 is 1.80 bits per heavy atom. The van der Waals surface area contributed by atoms with Gasteiger partial charge in [-0.1, -0.05) is 19.3 Å². The number of hydrogen-bond donors (Lipinski definition) is 1. The third kappa shape index (κ3) is 2.75. The monoisotopic (exact) mass is 366 g/mol. The summed E-state index contributed by atoms with van der Waals surface area (Å²) in [6.45, 7) is 0.857. The van der Waals surface area contributed by atoms with Crippen molar-refractivity contribution < 1.29 is 19.5 Å². The van der Waals surface area contributed by atoms with E-state index in [1.807, 2.05) is 0 Å². The molecule has 7 heteroatoms. The van der Waals surface area contributed by atoms with E-state index in [1.54, 1.807) is 21.6 Å². The quantitative estimate of drug-likeness (QED) is 0.824. The number of carbonyl (C=O) groups excluding carboxylic acids is 2. The van der Waals surface area contributed by atoms with Gasteiger partial charge in [0.25, 0.3) is 0 Å². The number of carbonyl (C=O) groups is 3. The molecule has 3 atom stereocenters. The Labute approximate surface area is 152 Å². The summed E-state index contributed by atoms with van der Waals surface area (Å²) in [5.74, 6) is 0.717. The first-order valence-electron chi connectivity index (χ1n) is 9.43. The molecule has 0 aromatic rings. The first kappa shape index (κ1) is 17.2. The molecule has 0 bridgehead atoms. The van der Waals surface area contributed by atoms with Crippen molar-refractivity contribution in [2.75, 3.05) is 24.7 Å². The van der Waals surface area contributed by atoms with Crippen molar-refractivity contribution in [3.05, 3.63) is 0 Å². The third-order valence-corrected chi connectivity index (χ3v) is 7.78. The van der Waals surface area contributed by atoms with E-state index in [4.69, 9.17) is 0 Å². The molecule has 0 spiro atoms. The number of amides is 2. The normalized spacial score (nSPS) is 35.4. The van der Waals surface area contributed by atoms with Gasteiger partial charge in [-0.25, -0.2) is 0 Å². The van der Waals surface area contributed by atoms with Crippen molar-refractivity contribution in [3.8, 4) is 0 Å². The topological polar surface area (TPSA) is 77.9 Å². The number of carboxylic acid groups (broad SMARTS) is 1. The van der Waals surface area contributed by atoms with E-state index < -0.39 is 17.4 Å². The van der Waals surface area contributed by atoms with Gasteiger partial charge < -0.3 is 14.9 Å². The number of aliphatic carboxylic acids is 1. The lowest BCUT2D eigenvalue weighted by atomic mass is 9.81. The molecule has 0 aromatic heterocycles. The number of hydrogen-bond acceptors (Lipinski definition) is 4. The van der Waals surface area contributed by atoms with Crippen molar-refractivity contribution in [1.29, 1.82) is 0 Å². The van der Waals surface area contributed by atoms with E-state index >= 15 is 0 Å². The Hall–Kier alpha value is -1.24. The number of rotatable bonds is 3. The molecule has 1 N–H and O–H groups in total. The van der Waals surface area contributed by atoms with Gasteiger partial charge in [0, 0.05) is 24.8 Å². The summed E-state index contributed by atoms with van der Waals surface area (Å²) in [6.07, 6.45) is 6.57. The van der Waals surface area contributed by atoms with Crippen LogP contribution in [0.3, 0.4) is 0 Å². The number of nitrogens with zero attached hydrogens (tertiary/aromatic N) is 2. The van der Waals surface area contributed by atoms with Crippen molar-refractivity contribution in [2.45, 2.75) is 51.0 Å². The van der Waals surface area contributed by atoms with E-state index in [-0.39, 0.29) is 23.7 Å². The van der Waals surface area contributed by atoms with Gasteiger partial charge in [0.1, 0.15) is 6.04 Å². The lowest BCUT2D eigenvalue weighted by molar-refractivity contribution is -0.150. The van der Waals surface area contributed by atoms with Crippen LogP contribution in [0.2, 0.25) is 0 Å². The smallest absolute Gasteiger partial charge is 0.311 e. The van der Waals surface area contributed by atoms with Crippen molar-refractivity contribution in [3.63, 3.8) is 0 Å². The molecular formula is C18H26N2O4S. The summed E-state index contributed by atoms with van der Waals surface area (Å²) >= 11 is 1.63. The molecule has 0 aromatic carbocycles. The van der Waals surface area contributed by atoms with Crippen LogP contribution in [0.25, 0.3) is 0 Å². The van der Waals surface area contributed by atoms with Crippen LogP contribution in [0.1, 0.15) is 44.9 Å². The first-order valence-corrected chi connectivity index (χ1v) is 10.6. The number of likely N-dealkylation sites (tertiary alicyclic amines) is 1. The predicted molar refractivity (Wildman–Crippen MR) is 93.9 cm³/mol. The molecule has 4 rings (SSSR count). The molecule has 25 heavy (non-hydrogen) atoms. The molecule has 2 aliphatic carbocycles. The Bertz CT molecular complexity index is 592. The third-order valence-electron chi connectivity index (χ3n) is 6.76. The molecule has 0 radical (unpaired) electrons. The molecule has 1 unspecified atom stereocenters. The number of fused-ring (bicyclic) bond motifs is 1. The van der Waals surface area contributed by atoms with Crippen molar-refractivity contribution in [2.24, 2.45) is 17.3 Å². The largest absolute Gasteiger partial charge is 0.481 e. The van der Waals surface area contributed by atoms with Gasteiger partial charge in [-0.15, -0.1) is 11.8 Å². The highest BCUT2D eigenvalue weighted by Crippen LogP contribution is 2.49. The molecule has 6 nitrogen and oxygen atoms in total. The molecule has 2 saturated carbocycles. The zero-order valence-corrected chi connectivity index (χ0v) is 15.3. The van der Waals surface area contributed by atoms with Gasteiger partial charge in [-0.05, 0) is 31.6 Å². The summed E-state index contributed by atoms with van der Waals surface area (Å²) in [4.78, 5) is 41.2. The zero-order chi connectivity index (χ0) is 17.6. The fourth-order valence-electron chi connectivity index (χ4n) is 5.29. The average molecular weight is 366 g/mol. The van der Waals surface area contributed by atoms with Crippen LogP contribution in [0, 0.1) is 17.3 Å². The molecule has 4 fully saturated rings. The van der Waals surface area contributed by atoms with Crippen LogP contribution in [-0.2, 0) is 14.4 Å². The first-order chi connectivity index (χ1) is 12.0. The number of thioether (sulfide) groups is 1. The van der Waals surface area contributed by atoms with Gasteiger partial charge in [0.15, 0.2) is 0 Å². The summed E-state index contributed by atoms with van der Waals surface area (Å²) in [6, 6.07) is -0.400. The fourth-order valence-corrected chi connectivity index (χ4v) is 6.44. The molecule has 2 heterocycles. The SMILES string of the molecule is O=C(C1CSCN1C(=O)C1CCCC1)N1C[C@@H]2CCC[C@@]2(C(=O)O)C1. The second-order valence-corrected chi connectivity index (χ2v) is 9.07. The Morgan fingerprint density at radius 3 is 2.48 bits per heavy atom. The second kappa shape index (κ2) is 6.49. The minimum atomic E-state index is -0.759. The molecule has 4 aliphatic rings. The molecular weight excluding hydrogens is 340 g/mol. The van der Waals surface area contributed by atoms with Crippen LogP contribution >= 0.6 is 11.8 Å². The van der Waals surface area contributed by atoms with Gasteiger partial charge in [-0.2, -0.15) is 0 Å². The highest BCUT2D eigenvalue weighted by molar-refractivity contribution is 7.99. The van der Waals surface area contributed by atoms with Crippen molar-refractivity contribution in [1.82, 2.24) is 9.80 Å². The van der Waals surface area contributed by atoms with Gasteiger partial charge in [-0.3, -0.25) is 14.4 Å². The van der Waals surface area contributed by atoms with Crippen LogP contribution in [0.15, 0.2) is 0 Å². The summed E-state index contributed by atoms with van der Waals surface area (Å²) < 4.78 is 0. The van der Waals surface area contributed by atoms with Crippen LogP contribution in [0.5, 0.6) is 0 Å². The average Bonchev–Trinajstić information content (AvgIpc) is 3.36. The van der Waals surface area contributed by atoms with Crippen LogP contribution < -0.4 is 0 Å². The molecule has 2 aliphatic heterocycles. The predicted octanol–water partition coefficient (Wildman–Crippen LogP) is 1.79. The van der Waals surface area contributed by atoms with Crippen LogP contribution in [0.4, 0.5) is 0 Å². The molecule has 2 saturated heterocycles. The lowest BCUT2D eigenvalue weighted by Gasteiger charge is -2.30.